The predicted molar refractivity (Wildman–Crippen MR) is 138 cm³/mol. The number of carbonyl (C=O) groups is 1. The molecule has 0 unspecified atom stereocenters. The molecule has 0 amide bonds. The zero-order chi connectivity index (χ0) is 22.8. The molecule has 186 valence electrons. The van der Waals surface area contributed by atoms with Crippen LogP contribution in [0.25, 0.3) is 0 Å². The average molecular weight is 439 g/mol. The first kappa shape index (κ1) is 30.5. The third kappa shape index (κ3) is 27.4. The summed E-state index contributed by atoms with van der Waals surface area (Å²) in [5.41, 5.74) is 0. The lowest BCUT2D eigenvalue weighted by molar-refractivity contribution is -0.143. The maximum Gasteiger partial charge on any atom is 0.305 e. The van der Waals surface area contributed by atoms with Gasteiger partial charge in [0.25, 0.3) is 0 Å². The zero-order valence-electron chi connectivity index (χ0n) is 21.9. The smallest absolute Gasteiger partial charge is 0.305 e. The highest BCUT2D eigenvalue weighted by Gasteiger charge is 2.02. The lowest BCUT2D eigenvalue weighted by Gasteiger charge is -2.06. The van der Waals surface area contributed by atoms with Gasteiger partial charge in [-0.1, -0.05) is 149 Å². The molecule has 0 fully saturated rings. The molecular formula is C29H58O2. The van der Waals surface area contributed by atoms with Crippen LogP contribution in [0.3, 0.4) is 0 Å². The van der Waals surface area contributed by atoms with Crippen LogP contribution in [-0.2, 0) is 9.53 Å². The summed E-state index contributed by atoms with van der Waals surface area (Å²) >= 11 is 0. The zero-order valence-corrected chi connectivity index (χ0v) is 21.9. The van der Waals surface area contributed by atoms with E-state index in [1.165, 1.54) is 128 Å². The minimum absolute atomic E-state index is 0.0217. The van der Waals surface area contributed by atoms with Crippen molar-refractivity contribution in [3.8, 4) is 0 Å². The topological polar surface area (TPSA) is 26.3 Å². The summed E-state index contributed by atoms with van der Waals surface area (Å²) in [5.74, 6) is 0.885. The molecule has 0 radical (unpaired) electrons. The lowest BCUT2D eigenvalue weighted by Crippen LogP contribution is -2.05. The van der Waals surface area contributed by atoms with Crippen molar-refractivity contribution in [2.75, 3.05) is 6.61 Å². The first-order valence-corrected chi connectivity index (χ1v) is 14.3. The monoisotopic (exact) mass is 438 g/mol. The Morgan fingerprint density at radius 2 is 0.935 bits per heavy atom. The largest absolute Gasteiger partial charge is 0.466 e. The Labute approximate surface area is 196 Å². The summed E-state index contributed by atoms with van der Waals surface area (Å²) in [6.45, 7) is 7.54. The van der Waals surface area contributed by atoms with Gasteiger partial charge < -0.3 is 4.74 Å². The Balaban J connectivity index is 3.15. The predicted octanol–water partition coefficient (Wildman–Crippen LogP) is 10.2. The number of esters is 1. The summed E-state index contributed by atoms with van der Waals surface area (Å²) in [6.07, 6.45) is 29.9. The first-order chi connectivity index (χ1) is 15.2. The van der Waals surface area contributed by atoms with Crippen LogP contribution in [0.4, 0.5) is 0 Å². The van der Waals surface area contributed by atoms with Crippen molar-refractivity contribution in [2.45, 2.75) is 168 Å². The summed E-state index contributed by atoms with van der Waals surface area (Å²) in [6, 6.07) is 0. The van der Waals surface area contributed by atoms with E-state index in [1.54, 1.807) is 0 Å². The second-order valence-corrected chi connectivity index (χ2v) is 10.2. The highest BCUT2D eigenvalue weighted by molar-refractivity contribution is 5.69. The minimum atomic E-state index is 0.0217. The van der Waals surface area contributed by atoms with Crippen LogP contribution >= 0.6 is 0 Å². The van der Waals surface area contributed by atoms with Gasteiger partial charge in [-0.05, 0) is 18.8 Å². The molecular weight excluding hydrogens is 380 g/mol. The van der Waals surface area contributed by atoms with Crippen LogP contribution in [-0.4, -0.2) is 12.6 Å². The van der Waals surface area contributed by atoms with Gasteiger partial charge in [0.15, 0.2) is 0 Å². The van der Waals surface area contributed by atoms with Gasteiger partial charge in [-0.15, -0.1) is 0 Å². The van der Waals surface area contributed by atoms with E-state index in [2.05, 4.69) is 20.8 Å². The van der Waals surface area contributed by atoms with E-state index in [4.69, 9.17) is 4.74 Å². The Bertz CT molecular complexity index is 351. The number of ether oxygens (including phenoxy) is 1. The Morgan fingerprint density at radius 3 is 1.39 bits per heavy atom. The molecule has 0 rings (SSSR count). The fraction of sp³-hybridized carbons (Fsp3) is 0.966. The second kappa shape index (κ2) is 25.7. The molecule has 0 aromatic carbocycles. The summed E-state index contributed by atoms with van der Waals surface area (Å²) < 4.78 is 5.39. The lowest BCUT2D eigenvalue weighted by atomic mass is 10.0. The highest BCUT2D eigenvalue weighted by Crippen LogP contribution is 2.14. The quantitative estimate of drug-likeness (QED) is 0.105. The molecule has 31 heavy (non-hydrogen) atoms. The number of unbranched alkanes of at least 4 members (excludes halogenated alkanes) is 19. The maximum atomic E-state index is 11.8. The van der Waals surface area contributed by atoms with E-state index in [9.17, 15) is 4.79 Å². The molecule has 2 nitrogen and oxygen atoms in total. The molecule has 0 N–H and O–H groups in total. The van der Waals surface area contributed by atoms with Crippen LogP contribution in [0.15, 0.2) is 0 Å². The van der Waals surface area contributed by atoms with Gasteiger partial charge in [0.05, 0.1) is 6.61 Å². The van der Waals surface area contributed by atoms with Gasteiger partial charge in [-0.25, -0.2) is 0 Å². The molecule has 0 aromatic heterocycles. The van der Waals surface area contributed by atoms with Crippen molar-refractivity contribution < 1.29 is 9.53 Å². The highest BCUT2D eigenvalue weighted by atomic mass is 16.5. The number of hydrogen-bond acceptors (Lipinski definition) is 2. The minimum Gasteiger partial charge on any atom is -0.466 e. The van der Waals surface area contributed by atoms with Crippen molar-refractivity contribution in [3.63, 3.8) is 0 Å². The fourth-order valence-electron chi connectivity index (χ4n) is 4.26. The van der Waals surface area contributed by atoms with Gasteiger partial charge in [0.1, 0.15) is 0 Å². The van der Waals surface area contributed by atoms with Crippen LogP contribution < -0.4 is 0 Å². The van der Waals surface area contributed by atoms with Crippen molar-refractivity contribution in [1.82, 2.24) is 0 Å². The van der Waals surface area contributed by atoms with Crippen molar-refractivity contribution >= 4 is 5.97 Å². The molecule has 0 aliphatic rings. The number of rotatable bonds is 25. The molecule has 0 bridgehead atoms. The molecule has 0 heterocycles. The van der Waals surface area contributed by atoms with Crippen LogP contribution in [0.2, 0.25) is 0 Å². The molecule has 0 aliphatic heterocycles. The van der Waals surface area contributed by atoms with E-state index in [1.807, 2.05) is 0 Å². The van der Waals surface area contributed by atoms with E-state index in [0.717, 1.165) is 18.8 Å². The molecule has 0 atom stereocenters. The average Bonchev–Trinajstić information content (AvgIpc) is 2.75. The fourth-order valence-corrected chi connectivity index (χ4v) is 4.26. The van der Waals surface area contributed by atoms with Crippen LogP contribution in [0.5, 0.6) is 0 Å². The SMILES string of the molecule is CCCCCCCCCCCCCOC(=O)CCCCCCCCCCCCC(C)C. The molecule has 0 saturated carbocycles. The Hall–Kier alpha value is -0.530. The van der Waals surface area contributed by atoms with Gasteiger partial charge in [0, 0.05) is 6.42 Å². The molecule has 2 heteroatoms. The van der Waals surface area contributed by atoms with Crippen molar-refractivity contribution in [1.29, 1.82) is 0 Å². The Kier molecular flexibility index (Phi) is 25.3. The van der Waals surface area contributed by atoms with Gasteiger partial charge in [-0.3, -0.25) is 4.79 Å². The summed E-state index contributed by atoms with van der Waals surface area (Å²) in [5, 5.41) is 0. The van der Waals surface area contributed by atoms with Gasteiger partial charge in [0.2, 0.25) is 0 Å². The summed E-state index contributed by atoms with van der Waals surface area (Å²) in [7, 11) is 0. The molecule has 0 saturated heterocycles. The van der Waals surface area contributed by atoms with E-state index in [0.29, 0.717) is 13.0 Å². The summed E-state index contributed by atoms with van der Waals surface area (Å²) in [4.78, 5) is 11.8. The Morgan fingerprint density at radius 1 is 0.548 bits per heavy atom. The molecule has 0 spiro atoms. The number of hydrogen-bond donors (Lipinski definition) is 0. The van der Waals surface area contributed by atoms with Gasteiger partial charge in [-0.2, -0.15) is 0 Å². The van der Waals surface area contributed by atoms with Crippen LogP contribution in [0, 0.1) is 5.92 Å². The van der Waals surface area contributed by atoms with E-state index < -0.39 is 0 Å². The van der Waals surface area contributed by atoms with E-state index in [-0.39, 0.29) is 5.97 Å². The molecule has 0 aliphatic carbocycles. The maximum absolute atomic E-state index is 11.8. The molecule has 0 aromatic rings. The third-order valence-electron chi connectivity index (χ3n) is 6.42. The van der Waals surface area contributed by atoms with Crippen molar-refractivity contribution in [2.24, 2.45) is 5.92 Å². The van der Waals surface area contributed by atoms with Gasteiger partial charge >= 0.3 is 5.97 Å². The normalized spacial score (nSPS) is 11.4. The second-order valence-electron chi connectivity index (χ2n) is 10.2. The standard InChI is InChI=1S/C29H58O2/c1-4-5-6-7-8-9-12-15-18-21-24-27-31-29(30)26-23-20-17-14-11-10-13-16-19-22-25-28(2)3/h28H,4-27H2,1-3H3. The van der Waals surface area contributed by atoms with Crippen molar-refractivity contribution in [3.05, 3.63) is 0 Å². The van der Waals surface area contributed by atoms with Crippen LogP contribution in [0.1, 0.15) is 168 Å². The third-order valence-corrected chi connectivity index (χ3v) is 6.42. The van der Waals surface area contributed by atoms with E-state index >= 15 is 0 Å². The number of carbonyl (C=O) groups excluding carboxylic acids is 1. The first-order valence-electron chi connectivity index (χ1n) is 14.3.